The van der Waals surface area contributed by atoms with E-state index < -0.39 is 0 Å². The van der Waals surface area contributed by atoms with Gasteiger partial charge in [0.2, 0.25) is 5.91 Å². The van der Waals surface area contributed by atoms with Crippen molar-refractivity contribution in [3.8, 4) is 0 Å². The fourth-order valence-electron chi connectivity index (χ4n) is 3.20. The zero-order chi connectivity index (χ0) is 13.8. The molecule has 0 bridgehead atoms. The van der Waals surface area contributed by atoms with Crippen molar-refractivity contribution in [3.63, 3.8) is 0 Å². The van der Waals surface area contributed by atoms with Crippen LogP contribution in [0.1, 0.15) is 33.1 Å². The first-order valence-electron chi connectivity index (χ1n) is 7.40. The summed E-state index contributed by atoms with van der Waals surface area (Å²) in [5.41, 5.74) is 0. The predicted octanol–water partition coefficient (Wildman–Crippen LogP) is 0.469. The number of carbonyl (C=O) groups is 1. The molecule has 2 fully saturated rings. The van der Waals surface area contributed by atoms with Gasteiger partial charge in [-0.2, -0.15) is 0 Å². The summed E-state index contributed by atoms with van der Waals surface area (Å²) in [4.78, 5) is 16.7. The number of ether oxygens (including phenoxy) is 1. The topological polar surface area (TPSA) is 53.0 Å². The van der Waals surface area contributed by atoms with Gasteiger partial charge in [0.15, 0.2) is 0 Å². The molecular formula is C14H26N2O3. The van der Waals surface area contributed by atoms with Crippen molar-refractivity contribution in [1.82, 2.24) is 9.80 Å². The van der Waals surface area contributed by atoms with Gasteiger partial charge in [0.05, 0.1) is 25.4 Å². The van der Waals surface area contributed by atoms with Crippen LogP contribution < -0.4 is 0 Å². The third kappa shape index (κ3) is 3.68. The normalized spacial score (nSPS) is 28.4. The van der Waals surface area contributed by atoms with E-state index in [0.717, 1.165) is 25.8 Å². The Bertz CT molecular complexity index is 303. The SMILES string of the molecule is CC(O)CC1CCCN1C(C)C(=O)N1CCOCC1. The van der Waals surface area contributed by atoms with E-state index in [1.54, 1.807) is 0 Å². The lowest BCUT2D eigenvalue weighted by molar-refractivity contribution is -0.141. The Morgan fingerprint density at radius 1 is 1.32 bits per heavy atom. The largest absolute Gasteiger partial charge is 0.393 e. The molecule has 0 aromatic rings. The Kier molecular flexibility index (Phi) is 5.19. The van der Waals surface area contributed by atoms with Crippen molar-refractivity contribution in [2.45, 2.75) is 51.3 Å². The van der Waals surface area contributed by atoms with Crippen LogP contribution in [0.25, 0.3) is 0 Å². The van der Waals surface area contributed by atoms with Crippen molar-refractivity contribution in [2.75, 3.05) is 32.8 Å². The molecule has 2 aliphatic heterocycles. The molecule has 3 unspecified atom stereocenters. The second-order valence-corrected chi connectivity index (χ2v) is 5.73. The number of amides is 1. The first-order valence-corrected chi connectivity index (χ1v) is 7.40. The molecule has 5 nitrogen and oxygen atoms in total. The number of aliphatic hydroxyl groups is 1. The number of carbonyl (C=O) groups excluding carboxylic acids is 1. The lowest BCUT2D eigenvalue weighted by Crippen LogP contribution is -2.52. The summed E-state index contributed by atoms with van der Waals surface area (Å²) in [5, 5.41) is 9.56. The van der Waals surface area contributed by atoms with Crippen molar-refractivity contribution < 1.29 is 14.6 Å². The van der Waals surface area contributed by atoms with E-state index in [4.69, 9.17) is 4.74 Å². The van der Waals surface area contributed by atoms with Crippen molar-refractivity contribution in [1.29, 1.82) is 0 Å². The smallest absolute Gasteiger partial charge is 0.239 e. The number of hydrogen-bond donors (Lipinski definition) is 1. The highest BCUT2D eigenvalue weighted by atomic mass is 16.5. The molecule has 3 atom stereocenters. The maximum atomic E-state index is 12.5. The molecule has 2 heterocycles. The second-order valence-electron chi connectivity index (χ2n) is 5.73. The first kappa shape index (κ1) is 14.8. The lowest BCUT2D eigenvalue weighted by atomic mass is 10.1. The van der Waals surface area contributed by atoms with Gasteiger partial charge in [-0.25, -0.2) is 0 Å². The quantitative estimate of drug-likeness (QED) is 0.807. The summed E-state index contributed by atoms with van der Waals surface area (Å²) in [7, 11) is 0. The van der Waals surface area contributed by atoms with Gasteiger partial charge < -0.3 is 14.7 Å². The Balaban J connectivity index is 1.93. The lowest BCUT2D eigenvalue weighted by Gasteiger charge is -2.35. The number of hydrogen-bond acceptors (Lipinski definition) is 4. The average molecular weight is 270 g/mol. The summed E-state index contributed by atoms with van der Waals surface area (Å²) >= 11 is 0. The van der Waals surface area contributed by atoms with Crippen LogP contribution in [-0.4, -0.2) is 71.8 Å². The fourth-order valence-corrected chi connectivity index (χ4v) is 3.20. The average Bonchev–Trinajstić information content (AvgIpc) is 2.85. The molecule has 0 spiro atoms. The van der Waals surface area contributed by atoms with Gasteiger partial charge in [-0.15, -0.1) is 0 Å². The zero-order valence-corrected chi connectivity index (χ0v) is 12.0. The highest BCUT2D eigenvalue weighted by Crippen LogP contribution is 2.24. The minimum Gasteiger partial charge on any atom is -0.393 e. The van der Waals surface area contributed by atoms with E-state index in [-0.39, 0.29) is 18.1 Å². The number of rotatable bonds is 4. The molecule has 1 amide bonds. The molecule has 0 aliphatic carbocycles. The summed E-state index contributed by atoms with van der Waals surface area (Å²) < 4.78 is 5.29. The molecule has 1 N–H and O–H groups in total. The number of morpholine rings is 1. The molecule has 2 aliphatic rings. The van der Waals surface area contributed by atoms with E-state index in [0.29, 0.717) is 32.3 Å². The van der Waals surface area contributed by atoms with E-state index in [2.05, 4.69) is 4.90 Å². The van der Waals surface area contributed by atoms with E-state index in [9.17, 15) is 9.90 Å². The van der Waals surface area contributed by atoms with Crippen molar-refractivity contribution in [3.05, 3.63) is 0 Å². The molecule has 110 valence electrons. The summed E-state index contributed by atoms with van der Waals surface area (Å²) in [6, 6.07) is 0.268. The number of aliphatic hydroxyl groups excluding tert-OH is 1. The summed E-state index contributed by atoms with van der Waals surface area (Å²) in [5.74, 6) is 0.209. The summed E-state index contributed by atoms with van der Waals surface area (Å²) in [6.45, 7) is 7.50. The van der Waals surface area contributed by atoms with Crippen LogP contribution in [0.2, 0.25) is 0 Å². The molecule has 0 aromatic heterocycles. The van der Waals surface area contributed by atoms with Gasteiger partial charge in [0.1, 0.15) is 0 Å². The van der Waals surface area contributed by atoms with Gasteiger partial charge >= 0.3 is 0 Å². The highest BCUT2D eigenvalue weighted by molar-refractivity contribution is 5.81. The monoisotopic (exact) mass is 270 g/mol. The van der Waals surface area contributed by atoms with Crippen LogP contribution in [0, 0.1) is 0 Å². The Morgan fingerprint density at radius 2 is 2.00 bits per heavy atom. The maximum absolute atomic E-state index is 12.5. The molecule has 0 radical (unpaired) electrons. The van der Waals surface area contributed by atoms with Crippen LogP contribution in [0.15, 0.2) is 0 Å². The number of likely N-dealkylation sites (tertiary alicyclic amines) is 1. The highest BCUT2D eigenvalue weighted by Gasteiger charge is 2.34. The third-order valence-corrected chi connectivity index (χ3v) is 4.21. The standard InChI is InChI=1S/C14H26N2O3/c1-11(17)10-13-4-3-5-16(13)12(2)14(18)15-6-8-19-9-7-15/h11-13,17H,3-10H2,1-2H3. The summed E-state index contributed by atoms with van der Waals surface area (Å²) in [6.07, 6.45) is 2.68. The van der Waals surface area contributed by atoms with E-state index in [1.165, 1.54) is 0 Å². The van der Waals surface area contributed by atoms with Gasteiger partial charge in [-0.1, -0.05) is 0 Å². The van der Waals surface area contributed by atoms with Gasteiger partial charge in [-0.3, -0.25) is 9.69 Å². The van der Waals surface area contributed by atoms with Crippen LogP contribution in [0.5, 0.6) is 0 Å². The van der Waals surface area contributed by atoms with E-state index in [1.807, 2.05) is 18.7 Å². The Hall–Kier alpha value is -0.650. The minimum absolute atomic E-state index is 0.0793. The zero-order valence-electron chi connectivity index (χ0n) is 12.0. The number of nitrogens with zero attached hydrogens (tertiary/aromatic N) is 2. The van der Waals surface area contributed by atoms with Crippen LogP contribution >= 0.6 is 0 Å². The Morgan fingerprint density at radius 3 is 2.63 bits per heavy atom. The van der Waals surface area contributed by atoms with Crippen molar-refractivity contribution >= 4 is 5.91 Å². The van der Waals surface area contributed by atoms with Gasteiger partial charge in [-0.05, 0) is 39.7 Å². The second kappa shape index (κ2) is 6.68. The minimum atomic E-state index is -0.295. The fraction of sp³-hybridized carbons (Fsp3) is 0.929. The molecule has 0 aromatic carbocycles. The molecule has 5 heteroatoms. The van der Waals surface area contributed by atoms with Crippen LogP contribution in [-0.2, 0) is 9.53 Å². The van der Waals surface area contributed by atoms with Crippen molar-refractivity contribution in [2.24, 2.45) is 0 Å². The van der Waals surface area contributed by atoms with Gasteiger partial charge in [0.25, 0.3) is 0 Å². The predicted molar refractivity (Wildman–Crippen MR) is 72.9 cm³/mol. The first-order chi connectivity index (χ1) is 9.09. The van der Waals surface area contributed by atoms with Crippen LogP contribution in [0.4, 0.5) is 0 Å². The molecule has 0 saturated carbocycles. The van der Waals surface area contributed by atoms with E-state index >= 15 is 0 Å². The molecule has 2 saturated heterocycles. The molecule has 19 heavy (non-hydrogen) atoms. The Labute approximate surface area is 115 Å². The van der Waals surface area contributed by atoms with Gasteiger partial charge in [0, 0.05) is 19.1 Å². The maximum Gasteiger partial charge on any atom is 0.239 e. The third-order valence-electron chi connectivity index (χ3n) is 4.21. The van der Waals surface area contributed by atoms with Crippen LogP contribution in [0.3, 0.4) is 0 Å². The molecular weight excluding hydrogens is 244 g/mol. The molecule has 2 rings (SSSR count).